The summed E-state index contributed by atoms with van der Waals surface area (Å²) in [6, 6.07) is 8.49. The summed E-state index contributed by atoms with van der Waals surface area (Å²) in [5.41, 5.74) is 0.183. The minimum Gasteiger partial charge on any atom is -0.492 e. The van der Waals surface area contributed by atoms with Gasteiger partial charge >= 0.3 is 0 Å². The van der Waals surface area contributed by atoms with Gasteiger partial charge in [-0.25, -0.2) is 8.78 Å². The number of ether oxygens (including phenoxy) is 1. The van der Waals surface area contributed by atoms with Crippen LogP contribution in [0, 0.1) is 26.5 Å². The lowest BCUT2D eigenvalue weighted by Crippen LogP contribution is -2.16. The maximum Gasteiger partial charge on any atom is 0.147 e. The SMILES string of the molecule is N#Cc1c(Nc2ccc(I)cc2F)cc(F)cc1OCC[C@@H](O)CO. The predicted octanol–water partition coefficient (Wildman–Crippen LogP) is 3.31. The van der Waals surface area contributed by atoms with E-state index in [2.05, 4.69) is 5.32 Å². The molecule has 3 N–H and O–H groups in total. The van der Waals surface area contributed by atoms with Crippen LogP contribution in [0.5, 0.6) is 5.75 Å². The van der Waals surface area contributed by atoms with E-state index < -0.39 is 24.3 Å². The summed E-state index contributed by atoms with van der Waals surface area (Å²) in [5.74, 6) is -1.22. The maximum absolute atomic E-state index is 14.0. The van der Waals surface area contributed by atoms with Crippen LogP contribution in [-0.4, -0.2) is 29.5 Å². The van der Waals surface area contributed by atoms with Crippen molar-refractivity contribution in [2.24, 2.45) is 0 Å². The Kier molecular flexibility index (Phi) is 6.92. The number of rotatable bonds is 7. The third kappa shape index (κ3) is 5.26. The van der Waals surface area contributed by atoms with Gasteiger partial charge in [-0.1, -0.05) is 0 Å². The lowest BCUT2D eigenvalue weighted by atomic mass is 10.1. The van der Waals surface area contributed by atoms with Gasteiger partial charge in [0.1, 0.15) is 29.0 Å². The van der Waals surface area contributed by atoms with Gasteiger partial charge in [0.25, 0.3) is 0 Å². The Bertz CT molecular complexity index is 796. The Labute approximate surface area is 157 Å². The molecule has 0 radical (unpaired) electrons. The number of benzene rings is 2. The molecule has 1 atom stereocenters. The Hall–Kier alpha value is -1.96. The smallest absolute Gasteiger partial charge is 0.147 e. The largest absolute Gasteiger partial charge is 0.492 e. The summed E-state index contributed by atoms with van der Waals surface area (Å²) in [7, 11) is 0. The average molecular weight is 460 g/mol. The molecule has 2 aromatic carbocycles. The maximum atomic E-state index is 14.0. The Balaban J connectivity index is 2.27. The van der Waals surface area contributed by atoms with Crippen molar-refractivity contribution in [3.63, 3.8) is 0 Å². The van der Waals surface area contributed by atoms with Gasteiger partial charge in [-0.15, -0.1) is 0 Å². The molecule has 0 aliphatic carbocycles. The molecule has 132 valence electrons. The van der Waals surface area contributed by atoms with Crippen molar-refractivity contribution in [3.05, 3.63) is 51.1 Å². The van der Waals surface area contributed by atoms with Crippen molar-refractivity contribution in [1.29, 1.82) is 5.26 Å². The summed E-state index contributed by atoms with van der Waals surface area (Å²) in [5, 5.41) is 30.1. The molecule has 0 aliphatic heterocycles. The molecule has 8 heteroatoms. The number of nitriles is 1. The van der Waals surface area contributed by atoms with Crippen molar-refractivity contribution in [1.82, 2.24) is 0 Å². The minimum absolute atomic E-state index is 0.0119. The number of aliphatic hydroxyl groups is 2. The van der Waals surface area contributed by atoms with Crippen LogP contribution in [-0.2, 0) is 0 Å². The van der Waals surface area contributed by atoms with Crippen LogP contribution >= 0.6 is 22.6 Å². The fraction of sp³-hybridized carbons (Fsp3) is 0.235. The lowest BCUT2D eigenvalue weighted by Gasteiger charge is -2.14. The summed E-state index contributed by atoms with van der Waals surface area (Å²) >= 11 is 1.96. The Morgan fingerprint density at radius 3 is 2.64 bits per heavy atom. The highest BCUT2D eigenvalue weighted by Gasteiger charge is 2.15. The number of nitrogens with one attached hydrogen (secondary N) is 1. The number of anilines is 2. The number of aliphatic hydroxyl groups excluding tert-OH is 2. The molecule has 0 unspecified atom stereocenters. The van der Waals surface area contributed by atoms with E-state index in [-0.39, 0.29) is 35.7 Å². The molecule has 5 nitrogen and oxygen atoms in total. The fourth-order valence-electron chi connectivity index (χ4n) is 2.04. The molecule has 0 fully saturated rings. The van der Waals surface area contributed by atoms with Gasteiger partial charge in [0.15, 0.2) is 0 Å². The Morgan fingerprint density at radius 2 is 2.00 bits per heavy atom. The first-order valence-electron chi connectivity index (χ1n) is 7.32. The van der Waals surface area contributed by atoms with E-state index in [0.29, 0.717) is 3.57 Å². The molecule has 0 aromatic heterocycles. The minimum atomic E-state index is -0.961. The first kappa shape index (κ1) is 19.4. The number of hydrogen-bond donors (Lipinski definition) is 3. The molecule has 0 saturated heterocycles. The molecule has 0 aliphatic rings. The third-order valence-corrected chi connectivity index (χ3v) is 3.97. The number of nitrogens with zero attached hydrogens (tertiary/aromatic N) is 1. The molecule has 2 aromatic rings. The molecule has 0 saturated carbocycles. The summed E-state index contributed by atoms with van der Waals surface area (Å²) in [6.07, 6.45) is -0.843. The zero-order chi connectivity index (χ0) is 18.4. The fourth-order valence-corrected chi connectivity index (χ4v) is 2.49. The summed E-state index contributed by atoms with van der Waals surface area (Å²) in [6.45, 7) is -0.437. The van der Waals surface area contributed by atoms with Crippen molar-refractivity contribution < 1.29 is 23.7 Å². The van der Waals surface area contributed by atoms with E-state index in [1.165, 1.54) is 12.1 Å². The molecule has 0 amide bonds. The highest BCUT2D eigenvalue weighted by atomic mass is 127. The van der Waals surface area contributed by atoms with Crippen LogP contribution in [0.25, 0.3) is 0 Å². The molecule has 2 rings (SSSR count). The Morgan fingerprint density at radius 1 is 1.24 bits per heavy atom. The van der Waals surface area contributed by atoms with E-state index in [9.17, 15) is 19.1 Å². The van der Waals surface area contributed by atoms with Gasteiger partial charge in [-0.2, -0.15) is 5.26 Å². The van der Waals surface area contributed by atoms with Gasteiger partial charge in [-0.05, 0) is 46.9 Å². The zero-order valence-electron chi connectivity index (χ0n) is 13.0. The molecule has 0 bridgehead atoms. The van der Waals surface area contributed by atoms with Crippen molar-refractivity contribution in [3.8, 4) is 11.8 Å². The first-order valence-corrected chi connectivity index (χ1v) is 8.40. The first-order chi connectivity index (χ1) is 11.9. The quantitative estimate of drug-likeness (QED) is 0.553. The highest BCUT2D eigenvalue weighted by Crippen LogP contribution is 2.31. The van der Waals surface area contributed by atoms with Crippen LogP contribution in [0.4, 0.5) is 20.2 Å². The molecule has 0 heterocycles. The van der Waals surface area contributed by atoms with Crippen molar-refractivity contribution >= 4 is 34.0 Å². The second kappa shape index (κ2) is 8.94. The van der Waals surface area contributed by atoms with Gasteiger partial charge in [0.05, 0.1) is 30.7 Å². The topological polar surface area (TPSA) is 85.5 Å². The monoisotopic (exact) mass is 460 g/mol. The van der Waals surface area contributed by atoms with E-state index in [0.717, 1.165) is 12.1 Å². The number of hydrogen-bond acceptors (Lipinski definition) is 5. The van der Waals surface area contributed by atoms with Crippen LogP contribution in [0.2, 0.25) is 0 Å². The van der Waals surface area contributed by atoms with Crippen LogP contribution in [0.1, 0.15) is 12.0 Å². The van der Waals surface area contributed by atoms with Gasteiger partial charge in [-0.3, -0.25) is 0 Å². The second-order valence-corrected chi connectivity index (χ2v) is 6.41. The van der Waals surface area contributed by atoms with E-state index >= 15 is 0 Å². The van der Waals surface area contributed by atoms with E-state index in [4.69, 9.17) is 9.84 Å². The molecular formula is C17H15F2IN2O3. The average Bonchev–Trinajstić information content (AvgIpc) is 2.57. The molecule has 25 heavy (non-hydrogen) atoms. The predicted molar refractivity (Wildman–Crippen MR) is 96.7 cm³/mol. The molecule has 0 spiro atoms. The zero-order valence-corrected chi connectivity index (χ0v) is 15.1. The van der Waals surface area contributed by atoms with Crippen LogP contribution in [0.3, 0.4) is 0 Å². The molecular weight excluding hydrogens is 445 g/mol. The lowest BCUT2D eigenvalue weighted by molar-refractivity contribution is 0.0753. The van der Waals surface area contributed by atoms with Crippen molar-refractivity contribution in [2.75, 3.05) is 18.5 Å². The summed E-state index contributed by atoms with van der Waals surface area (Å²) < 4.78 is 33.9. The van der Waals surface area contributed by atoms with E-state index in [1.54, 1.807) is 6.07 Å². The third-order valence-electron chi connectivity index (χ3n) is 3.30. The van der Waals surface area contributed by atoms with Crippen molar-refractivity contribution in [2.45, 2.75) is 12.5 Å². The standard InChI is InChI=1S/C17H15F2IN2O3/c18-10-5-16(22-15-2-1-11(20)7-14(15)19)13(8-21)17(6-10)25-4-3-12(24)9-23/h1-2,5-7,12,22-24H,3-4,9H2/t12-/m1/s1. The van der Waals surface area contributed by atoms with Gasteiger partial charge in [0.2, 0.25) is 0 Å². The van der Waals surface area contributed by atoms with Gasteiger partial charge in [0, 0.05) is 16.1 Å². The van der Waals surface area contributed by atoms with Crippen LogP contribution in [0.15, 0.2) is 30.3 Å². The second-order valence-electron chi connectivity index (χ2n) is 5.16. The van der Waals surface area contributed by atoms with E-state index in [1.807, 2.05) is 28.7 Å². The highest BCUT2D eigenvalue weighted by molar-refractivity contribution is 14.1. The van der Waals surface area contributed by atoms with Gasteiger partial charge < -0.3 is 20.3 Å². The normalized spacial score (nSPS) is 11.7. The summed E-state index contributed by atoms with van der Waals surface area (Å²) in [4.78, 5) is 0. The van der Waals surface area contributed by atoms with Crippen LogP contribution < -0.4 is 10.1 Å². The number of halogens is 3.